The molecule has 0 unspecified atom stereocenters. The summed E-state index contributed by atoms with van der Waals surface area (Å²) in [6.07, 6.45) is 1.57. The Hall–Kier alpha value is -0.390. The highest BCUT2D eigenvalue weighted by atomic mass is 32.3. The third-order valence-electron chi connectivity index (χ3n) is 1.46. The van der Waals surface area contributed by atoms with Crippen molar-refractivity contribution in [2.75, 3.05) is 0 Å². The first-order chi connectivity index (χ1) is 5.55. The van der Waals surface area contributed by atoms with Crippen LogP contribution < -0.4 is 0 Å². The third kappa shape index (κ3) is 2.06. The molecule has 0 bridgehead atoms. The highest BCUT2D eigenvalue weighted by molar-refractivity contribution is 7.88. The van der Waals surface area contributed by atoms with E-state index >= 15 is 0 Å². The van der Waals surface area contributed by atoms with E-state index in [0.29, 0.717) is 12.0 Å². The monoisotopic (exact) mass is 206 g/mol. The van der Waals surface area contributed by atoms with Gasteiger partial charge in [0.1, 0.15) is 4.21 Å². The molecule has 1 heterocycles. The Balaban J connectivity index is 3.08. The topological polar surface area (TPSA) is 54.4 Å². The molecule has 3 nitrogen and oxygen atoms in total. The Labute approximate surface area is 75.8 Å². The zero-order chi connectivity index (χ0) is 9.19. The van der Waals surface area contributed by atoms with Crippen molar-refractivity contribution >= 4 is 21.5 Å². The Morgan fingerprint density at radius 2 is 2.25 bits per heavy atom. The van der Waals surface area contributed by atoms with Crippen LogP contribution in [0, 0.1) is 0 Å². The van der Waals surface area contributed by atoms with Crippen LogP contribution in [-0.2, 0) is 16.5 Å². The van der Waals surface area contributed by atoms with Gasteiger partial charge in [-0.2, -0.15) is 8.42 Å². The van der Waals surface area contributed by atoms with E-state index in [4.69, 9.17) is 4.55 Å². The van der Waals surface area contributed by atoms with Gasteiger partial charge in [0.15, 0.2) is 0 Å². The fraction of sp³-hybridized carbons (Fsp3) is 0.429. The molecule has 1 aromatic heterocycles. The van der Waals surface area contributed by atoms with E-state index < -0.39 is 10.1 Å². The van der Waals surface area contributed by atoms with Crippen molar-refractivity contribution < 1.29 is 13.0 Å². The molecule has 0 amide bonds. The quantitative estimate of drug-likeness (QED) is 0.769. The summed E-state index contributed by atoms with van der Waals surface area (Å²) in [5.41, 5.74) is 0.713. The van der Waals surface area contributed by atoms with Crippen molar-refractivity contribution in [3.05, 3.63) is 17.0 Å². The summed E-state index contributed by atoms with van der Waals surface area (Å²) in [6, 6.07) is 1.73. The van der Waals surface area contributed by atoms with Gasteiger partial charge >= 0.3 is 10.1 Å². The standard InChI is InChI=1S/C7H10O3S2/c1-2-3-6-4-5-11-7(6)12(8,9)10/h4-5H,2-3H2,1H3,(H,8,9,10). The van der Waals surface area contributed by atoms with E-state index in [1.165, 1.54) is 0 Å². The van der Waals surface area contributed by atoms with Crippen molar-refractivity contribution in [3.63, 3.8) is 0 Å². The minimum absolute atomic E-state index is 0.0874. The molecule has 0 atom stereocenters. The summed E-state index contributed by atoms with van der Waals surface area (Å²) in [4.78, 5) is 0. The first kappa shape index (κ1) is 9.70. The second kappa shape index (κ2) is 3.55. The fourth-order valence-electron chi connectivity index (χ4n) is 1.00. The van der Waals surface area contributed by atoms with Gasteiger partial charge in [0.2, 0.25) is 0 Å². The number of hydrogen-bond donors (Lipinski definition) is 1. The molecular formula is C7H10O3S2. The van der Waals surface area contributed by atoms with Gasteiger partial charge in [0, 0.05) is 0 Å². The molecule has 0 aromatic carbocycles. The molecule has 1 aromatic rings. The summed E-state index contributed by atoms with van der Waals surface area (Å²) in [7, 11) is -3.99. The maximum absolute atomic E-state index is 10.8. The van der Waals surface area contributed by atoms with Gasteiger partial charge in [-0.1, -0.05) is 13.3 Å². The number of hydrogen-bond acceptors (Lipinski definition) is 3. The Morgan fingerprint density at radius 3 is 2.75 bits per heavy atom. The molecule has 0 aliphatic carbocycles. The highest BCUT2D eigenvalue weighted by Gasteiger charge is 2.15. The summed E-state index contributed by atoms with van der Waals surface area (Å²) >= 11 is 1.06. The average Bonchev–Trinajstić information content (AvgIpc) is 2.34. The van der Waals surface area contributed by atoms with Crippen LogP contribution in [0.2, 0.25) is 0 Å². The summed E-state index contributed by atoms with van der Waals surface area (Å²) < 4.78 is 30.4. The predicted octanol–water partition coefficient (Wildman–Crippen LogP) is 1.95. The van der Waals surface area contributed by atoms with Crippen molar-refractivity contribution in [1.82, 2.24) is 0 Å². The SMILES string of the molecule is CCCc1ccsc1S(=O)(=O)O. The van der Waals surface area contributed by atoms with Gasteiger partial charge in [0.25, 0.3) is 0 Å². The van der Waals surface area contributed by atoms with Crippen molar-refractivity contribution in [2.45, 2.75) is 24.0 Å². The van der Waals surface area contributed by atoms with Crippen LogP contribution in [0.5, 0.6) is 0 Å². The lowest BCUT2D eigenvalue weighted by molar-refractivity contribution is 0.484. The molecule has 1 N–H and O–H groups in total. The Kier molecular flexibility index (Phi) is 2.87. The van der Waals surface area contributed by atoms with Gasteiger partial charge in [0.05, 0.1) is 0 Å². The average molecular weight is 206 g/mol. The molecule has 0 radical (unpaired) electrons. The van der Waals surface area contributed by atoms with Gasteiger partial charge < -0.3 is 0 Å². The van der Waals surface area contributed by atoms with E-state index in [0.717, 1.165) is 17.8 Å². The normalized spacial score (nSPS) is 11.8. The smallest absolute Gasteiger partial charge is 0.281 e. The molecule has 0 aliphatic heterocycles. The lowest BCUT2D eigenvalue weighted by Gasteiger charge is -1.96. The zero-order valence-corrected chi connectivity index (χ0v) is 8.28. The number of thiophene rings is 1. The molecule has 0 aliphatic rings. The van der Waals surface area contributed by atoms with Crippen molar-refractivity contribution in [2.24, 2.45) is 0 Å². The van der Waals surface area contributed by atoms with Crippen LogP contribution in [0.15, 0.2) is 15.7 Å². The van der Waals surface area contributed by atoms with Crippen LogP contribution in [0.1, 0.15) is 18.9 Å². The maximum Gasteiger partial charge on any atom is 0.304 e. The molecule has 0 saturated heterocycles. The van der Waals surface area contributed by atoms with Crippen LogP contribution in [0.3, 0.4) is 0 Å². The van der Waals surface area contributed by atoms with Gasteiger partial charge in [-0.3, -0.25) is 4.55 Å². The van der Waals surface area contributed by atoms with Crippen LogP contribution in [0.25, 0.3) is 0 Å². The van der Waals surface area contributed by atoms with Crippen molar-refractivity contribution in [3.8, 4) is 0 Å². The number of rotatable bonds is 3. The van der Waals surface area contributed by atoms with Crippen LogP contribution in [0.4, 0.5) is 0 Å². The fourth-order valence-corrected chi connectivity index (χ4v) is 2.83. The molecule has 0 spiro atoms. The van der Waals surface area contributed by atoms with Gasteiger partial charge in [-0.05, 0) is 23.4 Å². The lowest BCUT2D eigenvalue weighted by atomic mass is 10.2. The summed E-state index contributed by atoms with van der Waals surface area (Å²) in [5, 5.41) is 1.67. The highest BCUT2D eigenvalue weighted by Crippen LogP contribution is 2.23. The van der Waals surface area contributed by atoms with E-state index in [2.05, 4.69) is 0 Å². The van der Waals surface area contributed by atoms with E-state index in [-0.39, 0.29) is 4.21 Å². The Bertz CT molecular complexity index is 350. The molecule has 0 fully saturated rings. The first-order valence-electron chi connectivity index (χ1n) is 3.59. The minimum Gasteiger partial charge on any atom is -0.281 e. The van der Waals surface area contributed by atoms with E-state index in [1.807, 2.05) is 6.92 Å². The van der Waals surface area contributed by atoms with Gasteiger partial charge in [-0.15, -0.1) is 11.3 Å². The van der Waals surface area contributed by atoms with Crippen LogP contribution >= 0.6 is 11.3 Å². The number of aryl methyl sites for hydroxylation is 1. The molecular weight excluding hydrogens is 196 g/mol. The molecule has 0 saturated carbocycles. The third-order valence-corrected chi connectivity index (χ3v) is 3.86. The van der Waals surface area contributed by atoms with E-state index in [1.54, 1.807) is 11.4 Å². The minimum atomic E-state index is -3.99. The molecule has 5 heteroatoms. The summed E-state index contributed by atoms with van der Waals surface area (Å²) in [5.74, 6) is 0. The predicted molar refractivity (Wildman–Crippen MR) is 48.1 cm³/mol. The maximum atomic E-state index is 10.8. The lowest BCUT2D eigenvalue weighted by Crippen LogP contribution is -1.98. The van der Waals surface area contributed by atoms with E-state index in [9.17, 15) is 8.42 Å². The van der Waals surface area contributed by atoms with Crippen LogP contribution in [-0.4, -0.2) is 13.0 Å². The largest absolute Gasteiger partial charge is 0.304 e. The molecule has 1 rings (SSSR count). The zero-order valence-electron chi connectivity index (χ0n) is 6.65. The second-order valence-corrected chi connectivity index (χ2v) is 4.99. The summed E-state index contributed by atoms with van der Waals surface area (Å²) in [6.45, 7) is 1.96. The Morgan fingerprint density at radius 1 is 1.58 bits per heavy atom. The molecule has 68 valence electrons. The van der Waals surface area contributed by atoms with Crippen molar-refractivity contribution in [1.29, 1.82) is 0 Å². The second-order valence-electron chi connectivity index (χ2n) is 2.46. The molecule has 12 heavy (non-hydrogen) atoms. The van der Waals surface area contributed by atoms with Gasteiger partial charge in [-0.25, -0.2) is 0 Å². The first-order valence-corrected chi connectivity index (χ1v) is 5.91.